The summed E-state index contributed by atoms with van der Waals surface area (Å²) in [7, 11) is 2.05. The lowest BCUT2D eigenvalue weighted by atomic mass is 10.1. The molecule has 2 aromatic carbocycles. The highest BCUT2D eigenvalue weighted by Gasteiger charge is 2.09. The van der Waals surface area contributed by atoms with Gasteiger partial charge in [-0.05, 0) is 54.4 Å². The summed E-state index contributed by atoms with van der Waals surface area (Å²) in [6.07, 6.45) is 3.44. The van der Waals surface area contributed by atoms with Crippen LogP contribution in [0.25, 0.3) is 0 Å². The normalized spacial score (nSPS) is 11.5. The van der Waals surface area contributed by atoms with E-state index in [2.05, 4.69) is 39.7 Å². The lowest BCUT2D eigenvalue weighted by Gasteiger charge is -2.20. The lowest BCUT2D eigenvalue weighted by molar-refractivity contribution is 0.249. The lowest BCUT2D eigenvalue weighted by Crippen LogP contribution is -2.31. The Hall–Kier alpha value is -3.34. The van der Waals surface area contributed by atoms with Crippen LogP contribution >= 0.6 is 0 Å². The van der Waals surface area contributed by atoms with E-state index in [0.29, 0.717) is 0 Å². The zero-order valence-corrected chi connectivity index (χ0v) is 15.6. The molecule has 3 rings (SSSR count). The third kappa shape index (κ3) is 5.31. The molecule has 0 aliphatic rings. The van der Waals surface area contributed by atoms with Crippen LogP contribution in [0.15, 0.2) is 79.1 Å². The third-order valence-corrected chi connectivity index (χ3v) is 4.38. The molecular weight excluding hydrogens is 336 g/mol. The first-order valence-corrected chi connectivity index (χ1v) is 8.94. The highest BCUT2D eigenvalue weighted by Crippen LogP contribution is 2.19. The minimum Gasteiger partial charge on any atom is -0.370 e. The van der Waals surface area contributed by atoms with E-state index in [1.54, 1.807) is 12.4 Å². The van der Waals surface area contributed by atoms with Crippen molar-refractivity contribution in [2.24, 2.45) is 0 Å². The monoisotopic (exact) mass is 360 g/mol. The van der Waals surface area contributed by atoms with E-state index in [1.165, 1.54) is 5.56 Å². The molecule has 0 radical (unpaired) electrons. The van der Waals surface area contributed by atoms with Crippen LogP contribution < -0.4 is 15.5 Å². The number of pyridine rings is 1. The molecular formula is C22H24N4O. The molecule has 3 aromatic rings. The minimum absolute atomic E-state index is 0.0933. The Morgan fingerprint density at radius 1 is 1.00 bits per heavy atom. The average molecular weight is 360 g/mol. The molecule has 5 heteroatoms. The van der Waals surface area contributed by atoms with Crippen LogP contribution in [0.4, 0.5) is 16.2 Å². The van der Waals surface area contributed by atoms with Crippen molar-refractivity contribution in [3.8, 4) is 0 Å². The fraction of sp³-hybridized carbons (Fsp3) is 0.182. The van der Waals surface area contributed by atoms with Gasteiger partial charge in [0.15, 0.2) is 0 Å². The Bertz CT molecular complexity index is 851. The quantitative estimate of drug-likeness (QED) is 0.675. The summed E-state index contributed by atoms with van der Waals surface area (Å²) in [5.41, 5.74) is 4.12. The van der Waals surface area contributed by atoms with Crippen molar-refractivity contribution in [2.45, 2.75) is 19.5 Å². The molecule has 0 aliphatic carbocycles. The fourth-order valence-corrected chi connectivity index (χ4v) is 2.85. The number of urea groups is 1. The second-order valence-electron chi connectivity index (χ2n) is 6.49. The fourth-order valence-electron chi connectivity index (χ4n) is 2.85. The van der Waals surface area contributed by atoms with Crippen molar-refractivity contribution in [3.63, 3.8) is 0 Å². The molecule has 0 aliphatic heterocycles. The summed E-state index contributed by atoms with van der Waals surface area (Å²) in [5, 5.41) is 5.80. The van der Waals surface area contributed by atoms with Crippen LogP contribution in [0.3, 0.4) is 0 Å². The molecule has 1 atom stereocenters. The second kappa shape index (κ2) is 8.85. The maximum absolute atomic E-state index is 12.2. The maximum atomic E-state index is 12.2. The van der Waals surface area contributed by atoms with Gasteiger partial charge in [0.1, 0.15) is 0 Å². The van der Waals surface area contributed by atoms with Crippen molar-refractivity contribution in [1.29, 1.82) is 0 Å². The number of hydrogen-bond acceptors (Lipinski definition) is 3. The highest BCUT2D eigenvalue weighted by atomic mass is 16.2. The van der Waals surface area contributed by atoms with Gasteiger partial charge in [0.05, 0.1) is 6.04 Å². The number of nitrogens with one attached hydrogen (secondary N) is 2. The first-order valence-electron chi connectivity index (χ1n) is 8.94. The number of carbonyl (C=O) groups excluding carboxylic acids is 1. The minimum atomic E-state index is -0.232. The molecule has 0 bridgehead atoms. The van der Waals surface area contributed by atoms with Crippen molar-refractivity contribution in [1.82, 2.24) is 10.3 Å². The van der Waals surface area contributed by atoms with Crippen LogP contribution in [0, 0.1) is 0 Å². The predicted molar refractivity (Wildman–Crippen MR) is 110 cm³/mol. The van der Waals surface area contributed by atoms with E-state index in [0.717, 1.165) is 23.5 Å². The van der Waals surface area contributed by atoms with E-state index < -0.39 is 0 Å². The Labute approximate surface area is 160 Å². The highest BCUT2D eigenvalue weighted by molar-refractivity contribution is 5.89. The zero-order chi connectivity index (χ0) is 19.1. The smallest absolute Gasteiger partial charge is 0.319 e. The largest absolute Gasteiger partial charge is 0.370 e. The average Bonchev–Trinajstić information content (AvgIpc) is 2.70. The summed E-state index contributed by atoms with van der Waals surface area (Å²) in [6, 6.07) is 21.6. The zero-order valence-electron chi connectivity index (χ0n) is 15.6. The number of rotatable bonds is 6. The molecule has 2 N–H and O–H groups in total. The third-order valence-electron chi connectivity index (χ3n) is 4.38. The molecule has 0 saturated carbocycles. The first kappa shape index (κ1) is 18.5. The number of hydrogen-bond donors (Lipinski definition) is 2. The van der Waals surface area contributed by atoms with Crippen LogP contribution in [0.5, 0.6) is 0 Å². The second-order valence-corrected chi connectivity index (χ2v) is 6.49. The van der Waals surface area contributed by atoms with E-state index in [4.69, 9.17) is 0 Å². The van der Waals surface area contributed by atoms with Gasteiger partial charge in [-0.3, -0.25) is 4.98 Å². The number of carbonyl (C=O) groups is 1. The predicted octanol–water partition coefficient (Wildman–Crippen LogP) is 4.60. The Morgan fingerprint density at radius 2 is 1.67 bits per heavy atom. The van der Waals surface area contributed by atoms with E-state index in [9.17, 15) is 4.79 Å². The van der Waals surface area contributed by atoms with Crippen LogP contribution in [-0.2, 0) is 6.54 Å². The molecule has 1 aromatic heterocycles. The van der Waals surface area contributed by atoms with Gasteiger partial charge in [0, 0.05) is 37.4 Å². The van der Waals surface area contributed by atoms with E-state index in [1.807, 2.05) is 61.5 Å². The summed E-state index contributed by atoms with van der Waals surface area (Å²) >= 11 is 0. The molecule has 1 unspecified atom stereocenters. The van der Waals surface area contributed by atoms with Gasteiger partial charge in [0.25, 0.3) is 0 Å². The molecule has 138 valence electrons. The SMILES string of the molecule is CC(NC(=O)Nc1ccc(N(C)Cc2ccccc2)cc1)c1ccncc1. The van der Waals surface area contributed by atoms with Gasteiger partial charge < -0.3 is 15.5 Å². The molecule has 2 amide bonds. The van der Waals surface area contributed by atoms with Crippen molar-refractivity contribution >= 4 is 17.4 Å². The number of anilines is 2. The Morgan fingerprint density at radius 3 is 2.33 bits per heavy atom. The van der Waals surface area contributed by atoms with Gasteiger partial charge in [-0.25, -0.2) is 4.79 Å². The van der Waals surface area contributed by atoms with Gasteiger partial charge in [0.2, 0.25) is 0 Å². The van der Waals surface area contributed by atoms with Crippen LogP contribution in [0.1, 0.15) is 24.1 Å². The van der Waals surface area contributed by atoms with Gasteiger partial charge in [-0.15, -0.1) is 0 Å². The van der Waals surface area contributed by atoms with E-state index in [-0.39, 0.29) is 12.1 Å². The summed E-state index contributed by atoms with van der Waals surface area (Å²) in [4.78, 5) is 18.4. The standard InChI is InChI=1S/C22H24N4O/c1-17(19-12-14-23-15-13-19)24-22(27)25-20-8-10-21(11-9-20)26(2)16-18-6-4-3-5-7-18/h3-15,17H,16H2,1-2H3,(H2,24,25,27). The summed E-state index contributed by atoms with van der Waals surface area (Å²) < 4.78 is 0. The van der Waals surface area contributed by atoms with Crippen molar-refractivity contribution in [3.05, 3.63) is 90.3 Å². The topological polar surface area (TPSA) is 57.3 Å². The molecule has 27 heavy (non-hydrogen) atoms. The molecule has 0 fully saturated rings. The number of amides is 2. The van der Waals surface area contributed by atoms with Gasteiger partial charge >= 0.3 is 6.03 Å². The number of benzene rings is 2. The molecule has 1 heterocycles. The maximum Gasteiger partial charge on any atom is 0.319 e. The van der Waals surface area contributed by atoms with Crippen LogP contribution in [-0.4, -0.2) is 18.1 Å². The Balaban J connectivity index is 1.54. The van der Waals surface area contributed by atoms with Crippen molar-refractivity contribution < 1.29 is 4.79 Å². The Kier molecular flexibility index (Phi) is 6.05. The molecule has 5 nitrogen and oxygen atoms in total. The van der Waals surface area contributed by atoms with E-state index >= 15 is 0 Å². The number of aromatic nitrogens is 1. The van der Waals surface area contributed by atoms with Crippen LogP contribution in [0.2, 0.25) is 0 Å². The summed E-state index contributed by atoms with van der Waals surface area (Å²) in [5.74, 6) is 0. The van der Waals surface area contributed by atoms with Crippen molar-refractivity contribution in [2.75, 3.05) is 17.3 Å². The first-order chi connectivity index (χ1) is 13.1. The summed E-state index contributed by atoms with van der Waals surface area (Å²) in [6.45, 7) is 2.77. The molecule has 0 spiro atoms. The number of nitrogens with zero attached hydrogens (tertiary/aromatic N) is 2. The molecule has 0 saturated heterocycles. The van der Waals surface area contributed by atoms with Gasteiger partial charge in [-0.1, -0.05) is 30.3 Å². The van der Waals surface area contributed by atoms with Gasteiger partial charge in [-0.2, -0.15) is 0 Å².